The smallest absolute Gasteiger partial charge is 0.253 e. The van der Waals surface area contributed by atoms with Crippen LogP contribution in [0.2, 0.25) is 10.0 Å². The molecule has 0 atom stereocenters. The standard InChI is InChI=1S/C30H33Cl2FN4O2/c1-3-36(4-2)30(39)20-9-12-23(13-10-20)37(27-7-5-6-25(28(27)33)29(34)38)24-14-16-35(17-15-24)19-21-8-11-22(31)18-26(21)32/h5-13,18,24H,3-4,14-17,19H2,1-2H3,(H2,34,38). The first kappa shape index (κ1) is 28.9. The molecule has 0 aromatic heterocycles. The largest absolute Gasteiger partial charge is 0.366 e. The van der Waals surface area contributed by atoms with Crippen molar-refractivity contribution in [2.24, 2.45) is 5.73 Å². The van der Waals surface area contributed by atoms with E-state index in [9.17, 15) is 9.59 Å². The lowest BCUT2D eigenvalue weighted by atomic mass is 9.99. The lowest BCUT2D eigenvalue weighted by molar-refractivity contribution is 0.0772. The summed E-state index contributed by atoms with van der Waals surface area (Å²) in [6.07, 6.45) is 1.51. The Kier molecular flexibility index (Phi) is 9.49. The summed E-state index contributed by atoms with van der Waals surface area (Å²) >= 11 is 12.4. The number of rotatable bonds is 9. The van der Waals surface area contributed by atoms with Gasteiger partial charge in [0.1, 0.15) is 0 Å². The molecule has 0 saturated carbocycles. The van der Waals surface area contributed by atoms with Crippen molar-refractivity contribution < 1.29 is 14.0 Å². The van der Waals surface area contributed by atoms with Gasteiger partial charge in [0.15, 0.2) is 5.82 Å². The average molecular weight is 572 g/mol. The maximum absolute atomic E-state index is 15.6. The molecule has 2 amide bonds. The topological polar surface area (TPSA) is 69.9 Å². The van der Waals surface area contributed by atoms with Crippen LogP contribution >= 0.6 is 23.2 Å². The van der Waals surface area contributed by atoms with E-state index in [1.54, 1.807) is 35.2 Å². The van der Waals surface area contributed by atoms with E-state index in [1.165, 1.54) is 6.07 Å². The Morgan fingerprint density at radius 1 is 1.00 bits per heavy atom. The fraction of sp³-hybridized carbons (Fsp3) is 0.333. The Labute approximate surface area is 239 Å². The maximum Gasteiger partial charge on any atom is 0.253 e. The van der Waals surface area contributed by atoms with E-state index in [0.29, 0.717) is 35.2 Å². The number of anilines is 2. The fourth-order valence-electron chi connectivity index (χ4n) is 5.13. The molecule has 4 rings (SSSR count). The predicted molar refractivity (Wildman–Crippen MR) is 156 cm³/mol. The molecule has 3 aromatic carbocycles. The van der Waals surface area contributed by atoms with Gasteiger partial charge >= 0.3 is 0 Å². The van der Waals surface area contributed by atoms with Crippen molar-refractivity contribution in [3.8, 4) is 0 Å². The molecule has 0 aliphatic carbocycles. The first-order chi connectivity index (χ1) is 18.7. The van der Waals surface area contributed by atoms with Crippen LogP contribution in [0.1, 0.15) is 53.0 Å². The van der Waals surface area contributed by atoms with Gasteiger partial charge in [0, 0.05) is 60.1 Å². The van der Waals surface area contributed by atoms with Crippen LogP contribution in [0.4, 0.5) is 15.8 Å². The van der Waals surface area contributed by atoms with Crippen molar-refractivity contribution >= 4 is 46.4 Å². The zero-order chi connectivity index (χ0) is 28.1. The van der Waals surface area contributed by atoms with Gasteiger partial charge in [-0.3, -0.25) is 14.5 Å². The van der Waals surface area contributed by atoms with Crippen LogP contribution in [0.25, 0.3) is 0 Å². The minimum Gasteiger partial charge on any atom is -0.366 e. The number of piperidine rings is 1. The Morgan fingerprint density at radius 3 is 2.26 bits per heavy atom. The van der Waals surface area contributed by atoms with E-state index >= 15 is 4.39 Å². The molecule has 1 heterocycles. The Bertz CT molecular complexity index is 1320. The number of nitrogens with two attached hydrogens (primary N) is 1. The summed E-state index contributed by atoms with van der Waals surface area (Å²) in [6, 6.07) is 17.4. The first-order valence-electron chi connectivity index (χ1n) is 13.2. The predicted octanol–water partition coefficient (Wildman–Crippen LogP) is 6.52. The zero-order valence-corrected chi connectivity index (χ0v) is 23.7. The maximum atomic E-state index is 15.6. The number of benzene rings is 3. The number of halogens is 3. The van der Waals surface area contributed by atoms with Crippen LogP contribution in [0, 0.1) is 5.82 Å². The summed E-state index contributed by atoms with van der Waals surface area (Å²) in [5.41, 5.74) is 7.91. The summed E-state index contributed by atoms with van der Waals surface area (Å²) in [7, 11) is 0. The van der Waals surface area contributed by atoms with Gasteiger partial charge in [-0.05, 0) is 80.8 Å². The van der Waals surface area contributed by atoms with Crippen molar-refractivity contribution in [1.29, 1.82) is 0 Å². The van der Waals surface area contributed by atoms with Gasteiger partial charge < -0.3 is 15.5 Å². The van der Waals surface area contributed by atoms with Crippen molar-refractivity contribution in [3.63, 3.8) is 0 Å². The Balaban J connectivity index is 1.61. The highest BCUT2D eigenvalue weighted by Crippen LogP contribution is 2.35. The number of hydrogen-bond acceptors (Lipinski definition) is 4. The summed E-state index contributed by atoms with van der Waals surface area (Å²) in [6.45, 7) is 7.36. The molecule has 1 aliphatic heterocycles. The third-order valence-electron chi connectivity index (χ3n) is 7.28. The summed E-state index contributed by atoms with van der Waals surface area (Å²) in [5.74, 6) is -1.51. The van der Waals surface area contributed by atoms with E-state index in [4.69, 9.17) is 28.9 Å². The second-order valence-corrected chi connectivity index (χ2v) is 10.5. The van der Waals surface area contributed by atoms with Gasteiger partial charge in [0.2, 0.25) is 0 Å². The molecular weight excluding hydrogens is 538 g/mol. The van der Waals surface area contributed by atoms with Crippen LogP contribution in [-0.2, 0) is 6.54 Å². The molecule has 3 aromatic rings. The van der Waals surface area contributed by atoms with Crippen LogP contribution < -0.4 is 10.6 Å². The number of hydrogen-bond donors (Lipinski definition) is 1. The molecule has 0 spiro atoms. The average Bonchev–Trinajstić information content (AvgIpc) is 2.93. The highest BCUT2D eigenvalue weighted by molar-refractivity contribution is 6.35. The van der Waals surface area contributed by atoms with Crippen molar-refractivity contribution in [3.05, 3.63) is 93.2 Å². The second-order valence-electron chi connectivity index (χ2n) is 9.64. The van der Waals surface area contributed by atoms with Crippen molar-refractivity contribution in [2.45, 2.75) is 39.3 Å². The number of nitrogens with zero attached hydrogens (tertiary/aromatic N) is 3. The van der Waals surface area contributed by atoms with Crippen LogP contribution in [-0.4, -0.2) is 53.8 Å². The van der Waals surface area contributed by atoms with Gasteiger partial charge in [0.25, 0.3) is 11.8 Å². The molecule has 1 fully saturated rings. The lowest BCUT2D eigenvalue weighted by Crippen LogP contribution is -2.43. The minimum absolute atomic E-state index is 0.0381. The molecule has 1 aliphatic rings. The van der Waals surface area contributed by atoms with E-state index in [1.807, 2.05) is 43.0 Å². The molecule has 0 bridgehead atoms. The fourth-order valence-corrected chi connectivity index (χ4v) is 5.60. The van der Waals surface area contributed by atoms with Gasteiger partial charge in [-0.2, -0.15) is 0 Å². The van der Waals surface area contributed by atoms with Crippen molar-refractivity contribution in [1.82, 2.24) is 9.80 Å². The molecule has 6 nitrogen and oxygen atoms in total. The Hall–Kier alpha value is -3.13. The van der Waals surface area contributed by atoms with Gasteiger partial charge in [-0.15, -0.1) is 0 Å². The van der Waals surface area contributed by atoms with Gasteiger partial charge in [0.05, 0.1) is 11.3 Å². The van der Waals surface area contributed by atoms with E-state index in [2.05, 4.69) is 4.90 Å². The third kappa shape index (κ3) is 6.55. The number of amides is 2. The second kappa shape index (κ2) is 12.8. The molecular formula is C30H33Cl2FN4O2. The van der Waals surface area contributed by atoms with Crippen molar-refractivity contribution in [2.75, 3.05) is 31.1 Å². The third-order valence-corrected chi connectivity index (χ3v) is 7.86. The quantitative estimate of drug-likeness (QED) is 0.318. The molecule has 1 saturated heterocycles. The minimum atomic E-state index is -0.816. The van der Waals surface area contributed by atoms with Crippen LogP contribution in [0.5, 0.6) is 0 Å². The summed E-state index contributed by atoms with van der Waals surface area (Å²) in [4.78, 5) is 30.7. The number of carbonyl (C=O) groups excluding carboxylic acids is 2. The molecule has 9 heteroatoms. The molecule has 206 valence electrons. The van der Waals surface area contributed by atoms with Gasteiger partial charge in [-0.1, -0.05) is 35.3 Å². The number of primary amides is 1. The summed E-state index contributed by atoms with van der Waals surface area (Å²) < 4.78 is 15.6. The van der Waals surface area contributed by atoms with E-state index in [-0.39, 0.29) is 23.2 Å². The first-order valence-corrected chi connectivity index (χ1v) is 13.9. The van der Waals surface area contributed by atoms with Crippen LogP contribution in [0.15, 0.2) is 60.7 Å². The van der Waals surface area contributed by atoms with E-state index < -0.39 is 11.7 Å². The van der Waals surface area contributed by atoms with Gasteiger partial charge in [-0.25, -0.2) is 4.39 Å². The molecule has 0 unspecified atom stereocenters. The zero-order valence-electron chi connectivity index (χ0n) is 22.2. The number of likely N-dealkylation sites (tertiary alicyclic amines) is 1. The monoisotopic (exact) mass is 570 g/mol. The number of carbonyl (C=O) groups is 2. The summed E-state index contributed by atoms with van der Waals surface area (Å²) in [5, 5.41) is 1.24. The Morgan fingerprint density at radius 2 is 1.67 bits per heavy atom. The van der Waals surface area contributed by atoms with Crippen LogP contribution in [0.3, 0.4) is 0 Å². The molecule has 2 N–H and O–H groups in total. The normalized spacial score (nSPS) is 14.3. The lowest BCUT2D eigenvalue weighted by Gasteiger charge is -2.40. The highest BCUT2D eigenvalue weighted by Gasteiger charge is 2.29. The SMILES string of the molecule is CCN(CC)C(=O)c1ccc(N(c2cccc(C(N)=O)c2F)C2CCN(Cc3ccc(Cl)cc3Cl)CC2)cc1. The van der Waals surface area contributed by atoms with E-state index in [0.717, 1.165) is 37.2 Å². The molecule has 0 radical (unpaired) electrons. The molecule has 39 heavy (non-hydrogen) atoms. The highest BCUT2D eigenvalue weighted by atomic mass is 35.5.